The highest BCUT2D eigenvalue weighted by Crippen LogP contribution is 2.79. The molecule has 0 radical (unpaired) electrons. The van der Waals surface area contributed by atoms with Crippen molar-refractivity contribution in [3.8, 4) is 0 Å². The summed E-state index contributed by atoms with van der Waals surface area (Å²) in [6, 6.07) is 0. The van der Waals surface area contributed by atoms with E-state index >= 15 is 0 Å². The second kappa shape index (κ2) is 3.87. The number of alkyl halides is 6. The van der Waals surface area contributed by atoms with Gasteiger partial charge in [0.05, 0.1) is 40.0 Å². The zero-order chi connectivity index (χ0) is 11.7. The highest BCUT2D eigenvalue weighted by molar-refractivity contribution is 5.31. The molecule has 0 atom stereocenters. The second-order valence-electron chi connectivity index (χ2n) is 4.05. The minimum atomic E-state index is -2.17. The van der Waals surface area contributed by atoms with E-state index in [1.165, 1.54) is 0 Å². The van der Waals surface area contributed by atoms with E-state index in [-0.39, 0.29) is 0 Å². The van der Waals surface area contributed by atoms with Gasteiger partial charge in [0.25, 0.3) is 0 Å². The molecule has 0 heterocycles. The molecule has 0 aromatic carbocycles. The van der Waals surface area contributed by atoms with Gasteiger partial charge in [-0.25, -0.2) is 0 Å². The predicted octanol–water partition coefficient (Wildman–Crippen LogP) is 2.78. The fourth-order valence-corrected chi connectivity index (χ4v) is 2.66. The first-order valence-corrected chi connectivity index (χ1v) is 4.47. The Morgan fingerprint density at radius 2 is 0.533 bits per heavy atom. The van der Waals surface area contributed by atoms with E-state index in [4.69, 9.17) is 0 Å². The van der Waals surface area contributed by atoms with Crippen molar-refractivity contribution < 1.29 is 26.3 Å². The quantitative estimate of drug-likeness (QED) is 0.620. The highest BCUT2D eigenvalue weighted by Gasteiger charge is 2.87. The molecular formula is C9H12F6. The van der Waals surface area contributed by atoms with Crippen LogP contribution in [0.2, 0.25) is 0 Å². The highest BCUT2D eigenvalue weighted by atomic mass is 19.2. The molecular weight excluding hydrogens is 222 g/mol. The lowest BCUT2D eigenvalue weighted by Gasteiger charge is -2.13. The van der Waals surface area contributed by atoms with Gasteiger partial charge in [-0.15, -0.1) is 0 Å². The van der Waals surface area contributed by atoms with Gasteiger partial charge in [-0.1, -0.05) is 0 Å². The zero-order valence-electron chi connectivity index (χ0n) is 8.01. The minimum absolute atomic E-state index is 1.45. The van der Waals surface area contributed by atoms with E-state index in [9.17, 15) is 26.3 Å². The maximum Gasteiger partial charge on any atom is 0.0990 e. The third-order valence-corrected chi connectivity index (χ3v) is 4.05. The van der Waals surface area contributed by atoms with Crippen LogP contribution < -0.4 is 0 Å². The lowest BCUT2D eigenvalue weighted by Crippen LogP contribution is -2.22. The Labute approximate surface area is 83.6 Å². The molecule has 0 N–H and O–H groups in total. The predicted molar refractivity (Wildman–Crippen MR) is 43.1 cm³/mol. The van der Waals surface area contributed by atoms with Crippen molar-refractivity contribution in [2.75, 3.05) is 40.0 Å². The fourth-order valence-electron chi connectivity index (χ4n) is 2.66. The Kier molecular flexibility index (Phi) is 3.26. The van der Waals surface area contributed by atoms with Crippen LogP contribution in [-0.2, 0) is 0 Å². The van der Waals surface area contributed by atoms with Gasteiger partial charge in [0.15, 0.2) is 0 Å². The SMILES string of the molecule is FCC1(CF)C(CF)(CF)C1(CF)CF. The van der Waals surface area contributed by atoms with Crippen LogP contribution in [0.3, 0.4) is 0 Å². The van der Waals surface area contributed by atoms with Crippen molar-refractivity contribution in [3.63, 3.8) is 0 Å². The van der Waals surface area contributed by atoms with Gasteiger partial charge in [0, 0.05) is 16.2 Å². The summed E-state index contributed by atoms with van der Waals surface area (Å²) in [5.74, 6) is 0. The summed E-state index contributed by atoms with van der Waals surface area (Å²) in [4.78, 5) is 0. The van der Waals surface area contributed by atoms with Crippen molar-refractivity contribution in [3.05, 3.63) is 0 Å². The van der Waals surface area contributed by atoms with Crippen molar-refractivity contribution in [1.82, 2.24) is 0 Å². The van der Waals surface area contributed by atoms with Crippen LogP contribution in [-0.4, -0.2) is 40.0 Å². The largest absolute Gasteiger partial charge is 0.250 e. The van der Waals surface area contributed by atoms with Gasteiger partial charge in [-0.3, -0.25) is 26.3 Å². The van der Waals surface area contributed by atoms with E-state index in [2.05, 4.69) is 0 Å². The number of halogens is 6. The lowest BCUT2D eigenvalue weighted by molar-refractivity contribution is 0.151. The summed E-state index contributed by atoms with van der Waals surface area (Å²) in [6.07, 6.45) is 0. The molecule has 0 saturated heterocycles. The maximum absolute atomic E-state index is 12.7. The summed E-state index contributed by atoms with van der Waals surface area (Å²) in [7, 11) is 0. The van der Waals surface area contributed by atoms with E-state index < -0.39 is 56.3 Å². The smallest absolute Gasteiger partial charge is 0.0990 e. The molecule has 0 amide bonds. The lowest BCUT2D eigenvalue weighted by atomic mass is 9.97. The van der Waals surface area contributed by atoms with Gasteiger partial charge in [0.2, 0.25) is 0 Å². The molecule has 15 heavy (non-hydrogen) atoms. The number of hydrogen-bond acceptors (Lipinski definition) is 0. The monoisotopic (exact) mass is 234 g/mol. The summed E-state index contributed by atoms with van der Waals surface area (Å²) in [5.41, 5.74) is -6.52. The molecule has 0 aliphatic heterocycles. The third kappa shape index (κ3) is 1.00. The molecule has 0 nitrogen and oxygen atoms in total. The molecule has 6 heteroatoms. The normalized spacial score (nSPS) is 25.2. The van der Waals surface area contributed by atoms with Crippen LogP contribution >= 0.6 is 0 Å². The summed E-state index contributed by atoms with van der Waals surface area (Å²) in [5, 5.41) is 0. The first-order valence-electron chi connectivity index (χ1n) is 4.47. The third-order valence-electron chi connectivity index (χ3n) is 4.05. The van der Waals surface area contributed by atoms with E-state index in [0.29, 0.717) is 0 Å². The summed E-state index contributed by atoms with van der Waals surface area (Å²) >= 11 is 0. The van der Waals surface area contributed by atoms with Crippen LogP contribution in [0.1, 0.15) is 0 Å². The van der Waals surface area contributed by atoms with E-state index in [0.717, 1.165) is 0 Å². The average molecular weight is 234 g/mol. The fraction of sp³-hybridized carbons (Fsp3) is 1.00. The van der Waals surface area contributed by atoms with Crippen LogP contribution in [0, 0.1) is 16.2 Å². The van der Waals surface area contributed by atoms with Crippen LogP contribution in [0.25, 0.3) is 0 Å². The average Bonchev–Trinajstić information content (AvgIpc) is 2.85. The van der Waals surface area contributed by atoms with Crippen LogP contribution in [0.5, 0.6) is 0 Å². The molecule has 0 spiro atoms. The molecule has 1 saturated carbocycles. The molecule has 0 aromatic rings. The van der Waals surface area contributed by atoms with Crippen molar-refractivity contribution in [1.29, 1.82) is 0 Å². The van der Waals surface area contributed by atoms with Gasteiger partial charge in [0.1, 0.15) is 0 Å². The van der Waals surface area contributed by atoms with Crippen LogP contribution in [0.15, 0.2) is 0 Å². The number of rotatable bonds is 6. The molecule has 0 bridgehead atoms. The second-order valence-corrected chi connectivity index (χ2v) is 4.05. The molecule has 1 aliphatic carbocycles. The van der Waals surface area contributed by atoms with Crippen LogP contribution in [0.4, 0.5) is 26.3 Å². The Balaban J connectivity index is 3.16. The van der Waals surface area contributed by atoms with Gasteiger partial charge >= 0.3 is 0 Å². The molecule has 1 fully saturated rings. The van der Waals surface area contributed by atoms with Gasteiger partial charge in [-0.05, 0) is 0 Å². The molecule has 0 unspecified atom stereocenters. The van der Waals surface area contributed by atoms with E-state index in [1.54, 1.807) is 0 Å². The standard InChI is InChI=1S/C9H12F6/c10-1-7(2-11)8(3-12,4-13)9(7,5-14)6-15/h1-6H2. The maximum atomic E-state index is 12.7. The van der Waals surface area contributed by atoms with Gasteiger partial charge in [-0.2, -0.15) is 0 Å². The Morgan fingerprint density at radius 1 is 0.400 bits per heavy atom. The summed E-state index contributed by atoms with van der Waals surface area (Å²) < 4.78 is 76.0. The molecule has 1 aliphatic rings. The Hall–Kier alpha value is -0.420. The molecule has 90 valence electrons. The minimum Gasteiger partial charge on any atom is -0.250 e. The van der Waals surface area contributed by atoms with Crippen molar-refractivity contribution in [2.45, 2.75) is 0 Å². The number of hydrogen-bond donors (Lipinski definition) is 0. The van der Waals surface area contributed by atoms with Crippen molar-refractivity contribution in [2.24, 2.45) is 16.2 Å². The van der Waals surface area contributed by atoms with Gasteiger partial charge < -0.3 is 0 Å². The summed E-state index contributed by atoms with van der Waals surface area (Å²) in [6.45, 7) is -8.72. The first-order chi connectivity index (χ1) is 7.11. The topological polar surface area (TPSA) is 0 Å². The molecule has 1 rings (SSSR count). The van der Waals surface area contributed by atoms with Crippen molar-refractivity contribution >= 4 is 0 Å². The van der Waals surface area contributed by atoms with E-state index in [1.807, 2.05) is 0 Å². The Morgan fingerprint density at radius 3 is 0.600 bits per heavy atom. The Bertz CT molecular complexity index is 167. The first kappa shape index (κ1) is 12.6. The zero-order valence-corrected chi connectivity index (χ0v) is 8.01. The molecule has 0 aromatic heterocycles.